The molecule has 0 radical (unpaired) electrons. The van der Waals surface area contributed by atoms with E-state index in [1.165, 1.54) is 4.90 Å². The van der Waals surface area contributed by atoms with Crippen molar-refractivity contribution in [2.75, 3.05) is 33.5 Å². The Labute approximate surface area is 146 Å². The molecule has 142 valence electrons. The number of sulfone groups is 1. The Morgan fingerprint density at radius 3 is 2.32 bits per heavy atom. The smallest absolute Gasteiger partial charge is 0.370 e. The minimum Gasteiger partial charge on any atom is -0.370 e. The van der Waals surface area contributed by atoms with Crippen LogP contribution in [0.3, 0.4) is 0 Å². The number of ether oxygens (including phenoxy) is 1. The van der Waals surface area contributed by atoms with Crippen LogP contribution < -0.4 is 5.32 Å². The number of rotatable bonds is 7. The fraction of sp³-hybridized carbons (Fsp3) is 0.625. The Hall–Kier alpha value is -1.16. The van der Waals surface area contributed by atoms with E-state index in [2.05, 4.69) is 5.32 Å². The van der Waals surface area contributed by atoms with Gasteiger partial charge in [-0.2, -0.15) is 13.2 Å². The Bertz CT molecular complexity index is 640. The topological polar surface area (TPSA) is 58.6 Å². The predicted molar refractivity (Wildman–Crippen MR) is 87.9 cm³/mol. The van der Waals surface area contributed by atoms with Crippen molar-refractivity contribution in [1.82, 2.24) is 10.2 Å². The van der Waals surface area contributed by atoms with Gasteiger partial charge in [0.2, 0.25) is 0 Å². The van der Waals surface area contributed by atoms with Crippen molar-refractivity contribution in [2.24, 2.45) is 0 Å². The highest BCUT2D eigenvalue weighted by atomic mass is 32.2. The second kappa shape index (κ2) is 8.48. The van der Waals surface area contributed by atoms with Crippen LogP contribution in [-0.4, -0.2) is 58.2 Å². The molecule has 1 aromatic carbocycles. The average Bonchev–Trinajstić information content (AvgIpc) is 2.55. The number of methoxy groups -OCH3 is 1. The van der Waals surface area contributed by atoms with Crippen LogP contribution in [0.5, 0.6) is 0 Å². The Balaban J connectivity index is 1.95. The van der Waals surface area contributed by atoms with E-state index in [0.29, 0.717) is 13.3 Å². The zero-order chi connectivity index (χ0) is 18.5. The molecule has 1 heterocycles. The van der Waals surface area contributed by atoms with Crippen LogP contribution in [-0.2, 0) is 21.1 Å². The number of benzene rings is 1. The van der Waals surface area contributed by atoms with Gasteiger partial charge >= 0.3 is 6.18 Å². The zero-order valence-electron chi connectivity index (χ0n) is 14.1. The van der Waals surface area contributed by atoms with Crippen LogP contribution >= 0.6 is 0 Å². The van der Waals surface area contributed by atoms with Gasteiger partial charge < -0.3 is 4.74 Å². The molecule has 25 heavy (non-hydrogen) atoms. The molecular formula is C16H23F3N2O3S. The highest BCUT2D eigenvalue weighted by Gasteiger charge is 2.36. The third-order valence-corrected chi connectivity index (χ3v) is 6.48. The van der Waals surface area contributed by atoms with Gasteiger partial charge in [-0.15, -0.1) is 0 Å². The summed E-state index contributed by atoms with van der Waals surface area (Å²) >= 11 is 0. The Morgan fingerprint density at radius 2 is 1.80 bits per heavy atom. The molecule has 1 aliphatic heterocycles. The molecule has 1 fully saturated rings. The summed E-state index contributed by atoms with van der Waals surface area (Å²) in [6.07, 6.45) is -3.82. The zero-order valence-corrected chi connectivity index (χ0v) is 14.9. The molecule has 0 bridgehead atoms. The molecule has 0 unspecified atom stereocenters. The lowest BCUT2D eigenvalue weighted by molar-refractivity contribution is -0.147. The molecule has 0 amide bonds. The number of hydrogen-bond donors (Lipinski definition) is 1. The van der Waals surface area contributed by atoms with E-state index in [1.807, 2.05) is 0 Å². The van der Waals surface area contributed by atoms with E-state index >= 15 is 0 Å². The van der Waals surface area contributed by atoms with Gasteiger partial charge in [-0.3, -0.25) is 10.2 Å². The molecule has 9 heteroatoms. The number of likely N-dealkylation sites (tertiary alicyclic amines) is 1. The van der Waals surface area contributed by atoms with Gasteiger partial charge in [-0.05, 0) is 43.6 Å². The maximum Gasteiger partial charge on any atom is 0.401 e. The lowest BCUT2D eigenvalue weighted by Crippen LogP contribution is -2.43. The number of piperidine rings is 1. The summed E-state index contributed by atoms with van der Waals surface area (Å²) in [6.45, 7) is 0.258. The lowest BCUT2D eigenvalue weighted by Gasteiger charge is -2.32. The van der Waals surface area contributed by atoms with E-state index < -0.39 is 27.8 Å². The number of nitrogens with one attached hydrogen (secondary N) is 1. The van der Waals surface area contributed by atoms with Gasteiger partial charge in [-0.25, -0.2) is 8.42 Å². The molecule has 1 aromatic rings. The van der Waals surface area contributed by atoms with Crippen LogP contribution in [0.15, 0.2) is 29.2 Å². The predicted octanol–water partition coefficient (Wildman–Crippen LogP) is 2.18. The van der Waals surface area contributed by atoms with Crippen LogP contribution in [0.1, 0.15) is 18.4 Å². The van der Waals surface area contributed by atoms with E-state index in [9.17, 15) is 21.6 Å². The molecule has 1 N–H and O–H groups in total. The van der Waals surface area contributed by atoms with Crippen molar-refractivity contribution < 1.29 is 26.3 Å². The number of nitrogens with zero attached hydrogens (tertiary/aromatic N) is 1. The van der Waals surface area contributed by atoms with Gasteiger partial charge in [0.05, 0.1) is 23.4 Å². The largest absolute Gasteiger partial charge is 0.401 e. The van der Waals surface area contributed by atoms with Crippen LogP contribution in [0.4, 0.5) is 13.2 Å². The van der Waals surface area contributed by atoms with Crippen molar-refractivity contribution in [1.29, 1.82) is 0 Å². The molecule has 0 spiro atoms. The van der Waals surface area contributed by atoms with E-state index in [-0.39, 0.29) is 30.8 Å². The van der Waals surface area contributed by atoms with Crippen molar-refractivity contribution in [3.8, 4) is 0 Å². The summed E-state index contributed by atoms with van der Waals surface area (Å²) in [5.41, 5.74) is 0.927. The standard InChI is InChI=1S/C16H23F3N2O3S/c1-24-12-20-10-13-2-4-14(5-3-13)25(22,23)15-6-8-21(9-7-15)11-16(17,18)19/h2-5,15,20H,6-12H2,1H3. The summed E-state index contributed by atoms with van der Waals surface area (Å²) in [6, 6.07) is 6.57. The van der Waals surface area contributed by atoms with Crippen molar-refractivity contribution >= 4 is 9.84 Å². The van der Waals surface area contributed by atoms with E-state index in [0.717, 1.165) is 5.56 Å². The van der Waals surface area contributed by atoms with Crippen LogP contribution in [0.2, 0.25) is 0 Å². The molecule has 0 atom stereocenters. The Kier molecular flexibility index (Phi) is 6.84. The van der Waals surface area contributed by atoms with Gasteiger partial charge in [0.1, 0.15) is 0 Å². The first-order chi connectivity index (χ1) is 11.7. The highest BCUT2D eigenvalue weighted by molar-refractivity contribution is 7.92. The first-order valence-electron chi connectivity index (χ1n) is 8.04. The normalized spacial score (nSPS) is 17.8. The van der Waals surface area contributed by atoms with Crippen molar-refractivity contribution in [3.05, 3.63) is 29.8 Å². The summed E-state index contributed by atoms with van der Waals surface area (Å²) < 4.78 is 67.5. The summed E-state index contributed by atoms with van der Waals surface area (Å²) in [4.78, 5) is 1.48. The molecule has 1 saturated heterocycles. The SMILES string of the molecule is COCNCc1ccc(S(=O)(=O)C2CCN(CC(F)(F)F)CC2)cc1. The van der Waals surface area contributed by atoms with Crippen molar-refractivity contribution in [3.63, 3.8) is 0 Å². The molecule has 0 saturated carbocycles. The van der Waals surface area contributed by atoms with E-state index in [1.54, 1.807) is 31.4 Å². The third kappa shape index (κ3) is 5.95. The minimum atomic E-state index is -4.25. The number of alkyl halides is 3. The first kappa shape index (κ1) is 20.2. The van der Waals surface area contributed by atoms with Gasteiger partial charge in [0, 0.05) is 13.7 Å². The summed E-state index contributed by atoms with van der Waals surface area (Å²) in [7, 11) is -1.95. The average molecular weight is 380 g/mol. The van der Waals surface area contributed by atoms with E-state index in [4.69, 9.17) is 4.74 Å². The Morgan fingerprint density at radius 1 is 1.20 bits per heavy atom. The van der Waals surface area contributed by atoms with Crippen LogP contribution in [0.25, 0.3) is 0 Å². The first-order valence-corrected chi connectivity index (χ1v) is 9.58. The fourth-order valence-electron chi connectivity index (χ4n) is 2.92. The van der Waals surface area contributed by atoms with Gasteiger partial charge in [-0.1, -0.05) is 12.1 Å². The van der Waals surface area contributed by atoms with Crippen molar-refractivity contribution in [2.45, 2.75) is 35.7 Å². The molecule has 0 aliphatic carbocycles. The van der Waals surface area contributed by atoms with Crippen LogP contribution in [0, 0.1) is 0 Å². The quantitative estimate of drug-likeness (QED) is 0.580. The maximum atomic E-state index is 12.7. The fourth-order valence-corrected chi connectivity index (χ4v) is 4.65. The molecule has 1 aliphatic rings. The minimum absolute atomic E-state index is 0.141. The maximum absolute atomic E-state index is 12.7. The van der Waals surface area contributed by atoms with Gasteiger partial charge in [0.25, 0.3) is 0 Å². The number of halogens is 3. The second-order valence-corrected chi connectivity index (χ2v) is 8.37. The number of hydrogen-bond acceptors (Lipinski definition) is 5. The molecule has 2 rings (SSSR count). The second-order valence-electron chi connectivity index (χ2n) is 6.14. The molecule has 5 nitrogen and oxygen atoms in total. The summed E-state index contributed by atoms with van der Waals surface area (Å²) in [5.74, 6) is 0. The molecule has 0 aromatic heterocycles. The highest BCUT2D eigenvalue weighted by Crippen LogP contribution is 2.26. The third-order valence-electron chi connectivity index (χ3n) is 4.20. The molecular weight excluding hydrogens is 357 g/mol. The summed E-state index contributed by atoms with van der Waals surface area (Å²) in [5, 5.41) is 2.40. The monoisotopic (exact) mass is 380 g/mol. The lowest BCUT2D eigenvalue weighted by atomic mass is 10.1. The van der Waals surface area contributed by atoms with Gasteiger partial charge in [0.15, 0.2) is 9.84 Å².